The van der Waals surface area contributed by atoms with Gasteiger partial charge in [0.25, 0.3) is 0 Å². The molecule has 4 rings (SSSR count). The van der Waals surface area contributed by atoms with Gasteiger partial charge in [0.1, 0.15) is 11.6 Å². The average molecular weight is 521 g/mol. The molecule has 2 N–H and O–H groups in total. The van der Waals surface area contributed by atoms with Crippen LogP contribution in [0.25, 0.3) is 0 Å². The van der Waals surface area contributed by atoms with Crippen LogP contribution < -0.4 is 15.4 Å². The average Bonchev–Trinajstić information content (AvgIpc) is 2.83. The predicted octanol–water partition coefficient (Wildman–Crippen LogP) is 3.73. The number of amidine groups is 1. The van der Waals surface area contributed by atoms with Crippen molar-refractivity contribution in [3.05, 3.63) is 59.7 Å². The molecule has 1 fully saturated rings. The van der Waals surface area contributed by atoms with Crippen molar-refractivity contribution in [2.45, 2.75) is 56.0 Å². The summed E-state index contributed by atoms with van der Waals surface area (Å²) >= 11 is 0. The van der Waals surface area contributed by atoms with Crippen molar-refractivity contribution in [2.75, 3.05) is 33.3 Å². The van der Waals surface area contributed by atoms with E-state index < -0.39 is 10.0 Å². The summed E-state index contributed by atoms with van der Waals surface area (Å²) in [7, 11) is -1.86. The molecule has 0 unspecified atom stereocenters. The topological polar surface area (TPSA) is 83.0 Å². The normalized spacial score (nSPS) is 18.5. The van der Waals surface area contributed by atoms with E-state index in [1.54, 1.807) is 23.5 Å². The van der Waals surface area contributed by atoms with E-state index in [-0.39, 0.29) is 23.4 Å². The molecule has 0 amide bonds. The first-order valence-corrected chi connectivity index (χ1v) is 13.4. The molecule has 0 aliphatic carbocycles. The van der Waals surface area contributed by atoms with Crippen LogP contribution in [-0.2, 0) is 22.0 Å². The summed E-state index contributed by atoms with van der Waals surface area (Å²) in [5, 5.41) is 7.16. The highest BCUT2D eigenvalue weighted by Gasteiger charge is 2.43. The molecule has 35 heavy (non-hydrogen) atoms. The standard InChI is InChI=1S/C26H36N4O3S.ClH/c1-25(2,3)21-8-10-23(11-9-21)34(31,32)30-16-12-26(13-17-30)24(27-14-15-29-26)28-19-20-6-5-7-22(18-20)33-4;/h5-11,18,29H,12-17,19H2,1-4H3,(H,27,28);1H. The number of sulfonamides is 1. The smallest absolute Gasteiger partial charge is 0.243 e. The predicted molar refractivity (Wildman–Crippen MR) is 143 cm³/mol. The van der Waals surface area contributed by atoms with Crippen LogP contribution in [0.4, 0.5) is 0 Å². The molecular formula is C26H37ClN4O3S. The van der Waals surface area contributed by atoms with Crippen molar-refractivity contribution >= 4 is 28.3 Å². The third-order valence-corrected chi connectivity index (χ3v) is 8.74. The highest BCUT2D eigenvalue weighted by molar-refractivity contribution is 7.89. The molecular weight excluding hydrogens is 484 g/mol. The van der Waals surface area contributed by atoms with Gasteiger partial charge in [0.2, 0.25) is 10.0 Å². The Morgan fingerprint density at radius 1 is 1.11 bits per heavy atom. The number of hydrogen-bond acceptors (Lipinski definition) is 6. The Hall–Kier alpha value is -2.13. The van der Waals surface area contributed by atoms with Crippen LogP contribution in [0.3, 0.4) is 0 Å². The zero-order chi connectivity index (χ0) is 24.4. The molecule has 1 spiro atoms. The quantitative estimate of drug-likeness (QED) is 0.627. The highest BCUT2D eigenvalue weighted by Crippen LogP contribution is 2.30. The monoisotopic (exact) mass is 520 g/mol. The molecule has 0 aromatic heterocycles. The molecule has 2 aromatic rings. The summed E-state index contributed by atoms with van der Waals surface area (Å²) in [4.78, 5) is 5.15. The third-order valence-electron chi connectivity index (χ3n) is 6.83. The first kappa shape index (κ1) is 27.5. The number of piperidine rings is 1. The molecule has 0 bridgehead atoms. The zero-order valence-electron chi connectivity index (χ0n) is 21.0. The minimum Gasteiger partial charge on any atom is -0.497 e. The highest BCUT2D eigenvalue weighted by atomic mass is 35.5. The molecule has 7 nitrogen and oxygen atoms in total. The van der Waals surface area contributed by atoms with E-state index in [1.165, 1.54) is 0 Å². The Bertz CT molecular complexity index is 1140. The van der Waals surface area contributed by atoms with E-state index in [0.717, 1.165) is 29.3 Å². The minimum absolute atomic E-state index is 0. The molecule has 1 saturated heterocycles. The first-order valence-electron chi connectivity index (χ1n) is 11.9. The molecule has 0 atom stereocenters. The number of aliphatic imine (C=N–C) groups is 1. The summed E-state index contributed by atoms with van der Waals surface area (Å²) in [5.41, 5.74) is 1.90. The van der Waals surface area contributed by atoms with Crippen molar-refractivity contribution in [2.24, 2.45) is 4.99 Å². The Labute approximate surface area is 215 Å². The van der Waals surface area contributed by atoms with Crippen LogP contribution in [0, 0.1) is 0 Å². The number of ether oxygens (including phenoxy) is 1. The number of benzene rings is 2. The summed E-state index contributed by atoms with van der Waals surface area (Å²) in [5.74, 6) is 1.75. The van der Waals surface area contributed by atoms with Gasteiger partial charge in [-0.3, -0.25) is 4.99 Å². The lowest BCUT2D eigenvalue weighted by Crippen LogP contribution is -2.64. The van der Waals surface area contributed by atoms with Crippen LogP contribution in [0.1, 0.15) is 44.7 Å². The van der Waals surface area contributed by atoms with Crippen molar-refractivity contribution in [1.82, 2.24) is 14.9 Å². The van der Waals surface area contributed by atoms with Crippen molar-refractivity contribution < 1.29 is 13.2 Å². The van der Waals surface area contributed by atoms with Gasteiger partial charge >= 0.3 is 0 Å². The van der Waals surface area contributed by atoms with Gasteiger partial charge in [-0.25, -0.2) is 8.42 Å². The van der Waals surface area contributed by atoms with Gasteiger partial charge < -0.3 is 15.4 Å². The van der Waals surface area contributed by atoms with E-state index in [2.05, 4.69) is 37.5 Å². The second-order valence-corrected chi connectivity index (χ2v) is 12.1. The third kappa shape index (κ3) is 6.00. The van der Waals surface area contributed by atoms with Gasteiger partial charge in [0, 0.05) is 26.2 Å². The van der Waals surface area contributed by atoms with Gasteiger partial charge in [-0.15, -0.1) is 12.4 Å². The minimum atomic E-state index is -3.53. The molecule has 9 heteroatoms. The zero-order valence-corrected chi connectivity index (χ0v) is 22.6. The molecule has 0 radical (unpaired) electrons. The second kappa shape index (κ2) is 10.9. The number of nitrogens with zero attached hydrogens (tertiary/aromatic N) is 2. The number of rotatable bonds is 5. The van der Waals surface area contributed by atoms with Crippen LogP contribution in [0.15, 0.2) is 58.4 Å². The van der Waals surface area contributed by atoms with E-state index in [1.807, 2.05) is 30.3 Å². The maximum atomic E-state index is 13.3. The molecule has 2 aromatic carbocycles. The van der Waals surface area contributed by atoms with Crippen LogP contribution in [-0.4, -0.2) is 57.4 Å². The van der Waals surface area contributed by atoms with Crippen LogP contribution in [0.2, 0.25) is 0 Å². The summed E-state index contributed by atoms with van der Waals surface area (Å²) in [6.45, 7) is 9.43. The summed E-state index contributed by atoms with van der Waals surface area (Å²) in [6, 6.07) is 15.3. The first-order chi connectivity index (χ1) is 16.1. The maximum absolute atomic E-state index is 13.3. The fraction of sp³-hybridized carbons (Fsp3) is 0.500. The largest absolute Gasteiger partial charge is 0.497 e. The number of halogens is 1. The fourth-order valence-electron chi connectivity index (χ4n) is 4.69. The lowest BCUT2D eigenvalue weighted by atomic mass is 9.85. The molecule has 2 heterocycles. The summed E-state index contributed by atoms with van der Waals surface area (Å²) in [6.07, 6.45) is 1.35. The maximum Gasteiger partial charge on any atom is 0.243 e. The fourth-order valence-corrected chi connectivity index (χ4v) is 6.13. The Balaban J connectivity index is 0.00000342. The Morgan fingerprint density at radius 2 is 1.80 bits per heavy atom. The molecule has 2 aliphatic rings. The number of nitrogens with one attached hydrogen (secondary N) is 2. The van der Waals surface area contributed by atoms with Crippen molar-refractivity contribution in [3.63, 3.8) is 0 Å². The van der Waals surface area contributed by atoms with Gasteiger partial charge in [-0.2, -0.15) is 4.31 Å². The van der Waals surface area contributed by atoms with E-state index >= 15 is 0 Å². The van der Waals surface area contributed by atoms with Gasteiger partial charge in [0.15, 0.2) is 0 Å². The second-order valence-electron chi connectivity index (χ2n) is 10.1. The van der Waals surface area contributed by atoms with Crippen LogP contribution in [0.5, 0.6) is 5.75 Å². The lowest BCUT2D eigenvalue weighted by Gasteiger charge is -2.44. The van der Waals surface area contributed by atoms with Crippen molar-refractivity contribution in [1.29, 1.82) is 0 Å². The molecule has 0 saturated carbocycles. The Morgan fingerprint density at radius 3 is 2.43 bits per heavy atom. The number of methoxy groups -OCH3 is 1. The van der Waals surface area contributed by atoms with Gasteiger partial charge in [0.05, 0.1) is 24.1 Å². The molecule has 2 aliphatic heterocycles. The summed E-state index contributed by atoms with van der Waals surface area (Å²) < 4.78 is 33.6. The van der Waals surface area contributed by atoms with Gasteiger partial charge in [-0.05, 0) is 53.6 Å². The van der Waals surface area contributed by atoms with Crippen molar-refractivity contribution in [3.8, 4) is 5.75 Å². The van der Waals surface area contributed by atoms with E-state index in [4.69, 9.17) is 9.73 Å². The molecule has 192 valence electrons. The van der Waals surface area contributed by atoms with Gasteiger partial charge in [-0.1, -0.05) is 45.0 Å². The lowest BCUT2D eigenvalue weighted by molar-refractivity contribution is 0.241. The van der Waals surface area contributed by atoms with E-state index in [0.29, 0.717) is 43.9 Å². The number of hydrogen-bond donors (Lipinski definition) is 2. The SMILES string of the molecule is COc1cccc(CNC2=NCCNC23CCN(S(=O)(=O)c2ccc(C(C)(C)C)cc2)CC3)c1.Cl. The Kier molecular flexibility index (Phi) is 8.52. The van der Waals surface area contributed by atoms with E-state index in [9.17, 15) is 8.42 Å². The van der Waals surface area contributed by atoms with Crippen LogP contribution >= 0.6 is 12.4 Å².